The lowest BCUT2D eigenvalue weighted by Gasteiger charge is -2.25. The smallest absolute Gasteiger partial charge is 0.387 e. The van der Waals surface area contributed by atoms with Crippen LogP contribution >= 0.6 is 0 Å². The third kappa shape index (κ3) is 4.08. The van der Waals surface area contributed by atoms with E-state index in [0.29, 0.717) is 5.92 Å². The largest absolute Gasteiger partial charge is 0.434 e. The highest BCUT2D eigenvalue weighted by atomic mass is 19.3. The molecule has 2 aromatic carbocycles. The van der Waals surface area contributed by atoms with Crippen molar-refractivity contribution in [2.75, 3.05) is 0 Å². The number of para-hydroxylation sites is 1. The van der Waals surface area contributed by atoms with E-state index in [-0.39, 0.29) is 17.8 Å². The molecule has 2 aromatic rings. The van der Waals surface area contributed by atoms with E-state index in [1.54, 1.807) is 12.1 Å². The van der Waals surface area contributed by atoms with Gasteiger partial charge in [-0.2, -0.15) is 8.78 Å². The van der Waals surface area contributed by atoms with Crippen LogP contribution in [0.1, 0.15) is 43.0 Å². The summed E-state index contributed by atoms with van der Waals surface area (Å²) in [6.45, 7) is -0.817. The molecule has 2 atom stereocenters. The molecule has 1 aliphatic carbocycles. The van der Waals surface area contributed by atoms with Gasteiger partial charge in [-0.3, -0.25) is 0 Å². The predicted molar refractivity (Wildman–Crippen MR) is 86.5 cm³/mol. The quantitative estimate of drug-likeness (QED) is 0.768. The zero-order valence-corrected chi connectivity index (χ0v) is 13.1. The fraction of sp³-hybridized carbons (Fsp3) is 0.368. The van der Waals surface area contributed by atoms with Crippen molar-refractivity contribution in [3.63, 3.8) is 0 Å². The second-order valence-electron chi connectivity index (χ2n) is 6.03. The van der Waals surface area contributed by atoms with Crippen molar-refractivity contribution in [1.29, 1.82) is 0 Å². The fourth-order valence-electron chi connectivity index (χ4n) is 3.00. The molecule has 1 aliphatic rings. The molecule has 0 radical (unpaired) electrons. The van der Waals surface area contributed by atoms with Gasteiger partial charge in [0.25, 0.3) is 0 Å². The highest BCUT2D eigenvalue weighted by Gasteiger charge is 2.33. The molecule has 2 unspecified atom stereocenters. The van der Waals surface area contributed by atoms with Crippen molar-refractivity contribution in [2.45, 2.75) is 38.5 Å². The first-order valence-corrected chi connectivity index (χ1v) is 8.00. The summed E-state index contributed by atoms with van der Waals surface area (Å²) in [5.74, 6) is 0.855. The van der Waals surface area contributed by atoms with E-state index < -0.39 is 6.61 Å². The number of ether oxygens (including phenoxy) is 1. The number of hydrogen-bond acceptors (Lipinski definition) is 2. The van der Waals surface area contributed by atoms with Crippen molar-refractivity contribution in [2.24, 2.45) is 5.92 Å². The van der Waals surface area contributed by atoms with E-state index in [1.165, 1.54) is 18.4 Å². The normalized spacial score (nSPS) is 17.0. The summed E-state index contributed by atoms with van der Waals surface area (Å²) in [5, 5.41) is 3.60. The first-order chi connectivity index (χ1) is 11.1. The van der Waals surface area contributed by atoms with Gasteiger partial charge in [0.2, 0.25) is 0 Å². The van der Waals surface area contributed by atoms with Crippen molar-refractivity contribution in [3.8, 4) is 5.75 Å². The molecule has 1 saturated carbocycles. The molecule has 122 valence electrons. The van der Waals surface area contributed by atoms with Crippen molar-refractivity contribution >= 4 is 0 Å². The van der Waals surface area contributed by atoms with Crippen LogP contribution in [0.25, 0.3) is 0 Å². The molecular weight excluding hydrogens is 296 g/mol. The fourth-order valence-corrected chi connectivity index (χ4v) is 3.00. The van der Waals surface area contributed by atoms with E-state index in [2.05, 4.69) is 22.2 Å². The highest BCUT2D eigenvalue weighted by molar-refractivity contribution is 5.36. The number of hydrogen-bond donors (Lipinski definition) is 1. The van der Waals surface area contributed by atoms with E-state index in [1.807, 2.05) is 37.3 Å². The van der Waals surface area contributed by atoms with E-state index in [9.17, 15) is 8.78 Å². The lowest BCUT2D eigenvalue weighted by atomic mass is 9.99. The Kier molecular flexibility index (Phi) is 4.91. The molecule has 4 heteroatoms. The van der Waals surface area contributed by atoms with Gasteiger partial charge in [-0.1, -0.05) is 48.5 Å². The summed E-state index contributed by atoms with van der Waals surface area (Å²) in [4.78, 5) is 0. The van der Waals surface area contributed by atoms with Crippen molar-refractivity contribution < 1.29 is 13.5 Å². The molecule has 23 heavy (non-hydrogen) atoms. The molecule has 0 bridgehead atoms. The molecule has 3 rings (SSSR count). The Balaban J connectivity index is 1.79. The van der Waals surface area contributed by atoms with E-state index >= 15 is 0 Å². The van der Waals surface area contributed by atoms with Gasteiger partial charge in [-0.15, -0.1) is 0 Å². The van der Waals surface area contributed by atoms with Gasteiger partial charge >= 0.3 is 6.61 Å². The number of alkyl halides is 2. The van der Waals surface area contributed by atoms with Crippen LogP contribution < -0.4 is 10.1 Å². The second-order valence-corrected chi connectivity index (χ2v) is 6.03. The Labute approximate surface area is 135 Å². The average molecular weight is 317 g/mol. The standard InChI is InChI=1S/C19H21F2NO/c1-13(16-9-5-6-10-17(16)23-19(20)21)22-18(15-11-12-15)14-7-3-2-4-8-14/h2-10,13,15,18-19,22H,11-12H2,1H3. The summed E-state index contributed by atoms with van der Waals surface area (Å²) in [5.41, 5.74) is 2.00. The first kappa shape index (κ1) is 15.9. The Morgan fingerprint density at radius 2 is 1.65 bits per heavy atom. The number of nitrogens with one attached hydrogen (secondary N) is 1. The molecule has 0 aromatic heterocycles. The molecule has 0 heterocycles. The summed E-state index contributed by atoms with van der Waals surface area (Å²) in [6.07, 6.45) is 2.41. The van der Waals surface area contributed by atoms with Gasteiger partial charge in [-0.25, -0.2) is 0 Å². The van der Waals surface area contributed by atoms with Gasteiger partial charge in [0.05, 0.1) is 0 Å². The van der Waals surface area contributed by atoms with Crippen LogP contribution in [0, 0.1) is 5.92 Å². The molecule has 0 aliphatic heterocycles. The molecule has 0 amide bonds. The van der Waals surface area contributed by atoms with Crippen LogP contribution in [-0.4, -0.2) is 6.61 Å². The van der Waals surface area contributed by atoms with Gasteiger partial charge < -0.3 is 10.1 Å². The number of benzene rings is 2. The monoisotopic (exact) mass is 317 g/mol. The third-order valence-electron chi connectivity index (χ3n) is 4.28. The first-order valence-electron chi connectivity index (χ1n) is 8.00. The predicted octanol–water partition coefficient (Wildman–Crippen LogP) is 5.09. The van der Waals surface area contributed by atoms with Gasteiger partial charge in [-0.05, 0) is 37.3 Å². The number of rotatable bonds is 7. The molecule has 0 saturated heterocycles. The zero-order valence-electron chi connectivity index (χ0n) is 13.1. The summed E-state index contributed by atoms with van der Waals surface area (Å²) >= 11 is 0. The summed E-state index contributed by atoms with van der Waals surface area (Å²) < 4.78 is 29.8. The van der Waals surface area contributed by atoms with Gasteiger partial charge in [0, 0.05) is 17.6 Å². The van der Waals surface area contributed by atoms with Gasteiger partial charge in [0.15, 0.2) is 0 Å². The van der Waals surface area contributed by atoms with Crippen LogP contribution in [0.15, 0.2) is 54.6 Å². The van der Waals surface area contributed by atoms with E-state index in [4.69, 9.17) is 0 Å². The lowest BCUT2D eigenvalue weighted by Crippen LogP contribution is -2.26. The molecular formula is C19H21F2NO. The summed E-state index contributed by atoms with van der Waals surface area (Å²) in [6, 6.07) is 17.5. The van der Waals surface area contributed by atoms with Crippen molar-refractivity contribution in [3.05, 3.63) is 65.7 Å². The molecule has 0 spiro atoms. The summed E-state index contributed by atoms with van der Waals surface area (Å²) in [7, 11) is 0. The van der Waals surface area contributed by atoms with Crippen LogP contribution in [0.4, 0.5) is 8.78 Å². The minimum absolute atomic E-state index is 0.0734. The van der Waals surface area contributed by atoms with Crippen LogP contribution in [0.2, 0.25) is 0 Å². The number of halogens is 2. The average Bonchev–Trinajstić information content (AvgIpc) is 3.38. The lowest BCUT2D eigenvalue weighted by molar-refractivity contribution is -0.0507. The minimum atomic E-state index is -2.81. The Morgan fingerprint density at radius 3 is 2.30 bits per heavy atom. The maximum absolute atomic E-state index is 12.6. The van der Waals surface area contributed by atoms with Crippen LogP contribution in [0.5, 0.6) is 5.75 Å². The Bertz CT molecular complexity index is 628. The third-order valence-corrected chi connectivity index (χ3v) is 4.28. The minimum Gasteiger partial charge on any atom is -0.434 e. The maximum Gasteiger partial charge on any atom is 0.387 e. The van der Waals surface area contributed by atoms with E-state index in [0.717, 1.165) is 5.56 Å². The van der Waals surface area contributed by atoms with Gasteiger partial charge in [0.1, 0.15) is 5.75 Å². The highest BCUT2D eigenvalue weighted by Crippen LogP contribution is 2.42. The SMILES string of the molecule is CC(NC(c1ccccc1)C1CC1)c1ccccc1OC(F)F. The molecule has 1 fully saturated rings. The molecule has 2 nitrogen and oxygen atoms in total. The topological polar surface area (TPSA) is 21.3 Å². The Hall–Kier alpha value is -1.94. The maximum atomic E-state index is 12.6. The zero-order chi connectivity index (χ0) is 16.2. The van der Waals surface area contributed by atoms with Crippen LogP contribution in [-0.2, 0) is 0 Å². The van der Waals surface area contributed by atoms with Crippen molar-refractivity contribution in [1.82, 2.24) is 5.32 Å². The molecule has 1 N–H and O–H groups in total. The Morgan fingerprint density at radius 1 is 1.00 bits per heavy atom. The second kappa shape index (κ2) is 7.09. The van der Waals surface area contributed by atoms with Crippen LogP contribution in [0.3, 0.4) is 0 Å².